The molecule has 0 atom stereocenters. The Kier molecular flexibility index (Phi) is 7.25. The molecule has 1 N–H and O–H groups in total. The van der Waals surface area contributed by atoms with Gasteiger partial charge < -0.3 is 10.2 Å². The summed E-state index contributed by atoms with van der Waals surface area (Å²) in [6.07, 6.45) is 8.31. The Balaban J connectivity index is 1.94. The SMILES string of the molecule is CC(C)NCCCCCCN1CCCC(C)(C)C1. The third-order valence-electron chi connectivity index (χ3n) is 3.93. The predicted molar refractivity (Wildman–Crippen MR) is 81.1 cm³/mol. The summed E-state index contributed by atoms with van der Waals surface area (Å²) >= 11 is 0. The lowest BCUT2D eigenvalue weighted by molar-refractivity contribution is 0.116. The quantitative estimate of drug-likeness (QED) is 0.665. The van der Waals surface area contributed by atoms with Crippen LogP contribution in [0.25, 0.3) is 0 Å². The Morgan fingerprint density at radius 1 is 1.11 bits per heavy atom. The zero-order valence-corrected chi connectivity index (χ0v) is 13.1. The van der Waals surface area contributed by atoms with E-state index in [4.69, 9.17) is 0 Å². The van der Waals surface area contributed by atoms with Crippen LogP contribution < -0.4 is 5.32 Å². The minimum atomic E-state index is 0.555. The standard InChI is InChI=1S/C16H34N2/c1-15(2)17-11-7-5-6-8-12-18-13-9-10-16(3,4)14-18/h15,17H,5-14H2,1-4H3. The summed E-state index contributed by atoms with van der Waals surface area (Å²) in [4.78, 5) is 2.68. The average Bonchev–Trinajstić information content (AvgIpc) is 2.26. The van der Waals surface area contributed by atoms with E-state index in [-0.39, 0.29) is 0 Å². The second-order valence-corrected chi connectivity index (χ2v) is 7.07. The molecule has 1 fully saturated rings. The first-order valence-electron chi connectivity index (χ1n) is 7.95. The van der Waals surface area contributed by atoms with Gasteiger partial charge in [0.1, 0.15) is 0 Å². The van der Waals surface area contributed by atoms with Gasteiger partial charge in [-0.3, -0.25) is 0 Å². The Labute approximate surface area is 115 Å². The highest BCUT2D eigenvalue weighted by atomic mass is 15.1. The number of unbranched alkanes of at least 4 members (excludes halogenated alkanes) is 3. The first kappa shape index (κ1) is 16.0. The molecule has 2 heteroatoms. The van der Waals surface area contributed by atoms with Crippen molar-refractivity contribution >= 4 is 0 Å². The van der Waals surface area contributed by atoms with Crippen molar-refractivity contribution in [3.63, 3.8) is 0 Å². The van der Waals surface area contributed by atoms with Crippen LogP contribution in [0.15, 0.2) is 0 Å². The van der Waals surface area contributed by atoms with Gasteiger partial charge in [-0.1, -0.05) is 40.5 Å². The molecule has 0 spiro atoms. The van der Waals surface area contributed by atoms with Gasteiger partial charge in [0.15, 0.2) is 0 Å². The second-order valence-electron chi connectivity index (χ2n) is 7.07. The number of nitrogens with zero attached hydrogens (tertiary/aromatic N) is 1. The lowest BCUT2D eigenvalue weighted by atomic mass is 9.84. The lowest BCUT2D eigenvalue weighted by Crippen LogP contribution is -2.40. The van der Waals surface area contributed by atoms with Crippen LogP contribution in [-0.4, -0.2) is 37.1 Å². The van der Waals surface area contributed by atoms with Gasteiger partial charge in [0.2, 0.25) is 0 Å². The molecule has 0 aliphatic carbocycles. The van der Waals surface area contributed by atoms with Gasteiger partial charge in [-0.25, -0.2) is 0 Å². The summed E-state index contributed by atoms with van der Waals surface area (Å²) < 4.78 is 0. The molecule has 0 saturated carbocycles. The van der Waals surface area contributed by atoms with E-state index in [9.17, 15) is 0 Å². The third-order valence-corrected chi connectivity index (χ3v) is 3.93. The van der Waals surface area contributed by atoms with Gasteiger partial charge in [0, 0.05) is 12.6 Å². The number of hydrogen-bond donors (Lipinski definition) is 1. The molecule has 2 nitrogen and oxygen atoms in total. The minimum absolute atomic E-state index is 0.555. The van der Waals surface area contributed by atoms with E-state index in [1.165, 1.54) is 64.7 Å². The van der Waals surface area contributed by atoms with Crippen LogP contribution in [0.2, 0.25) is 0 Å². The molecule has 1 aliphatic heterocycles. The maximum atomic E-state index is 3.49. The van der Waals surface area contributed by atoms with E-state index in [2.05, 4.69) is 37.9 Å². The van der Waals surface area contributed by atoms with E-state index >= 15 is 0 Å². The Bertz CT molecular complexity index is 211. The summed E-state index contributed by atoms with van der Waals surface area (Å²) in [7, 11) is 0. The minimum Gasteiger partial charge on any atom is -0.315 e. The molecule has 0 aromatic rings. The van der Waals surface area contributed by atoms with Crippen molar-refractivity contribution in [2.45, 2.75) is 72.3 Å². The van der Waals surface area contributed by atoms with Gasteiger partial charge in [-0.05, 0) is 50.7 Å². The monoisotopic (exact) mass is 254 g/mol. The van der Waals surface area contributed by atoms with Crippen LogP contribution in [0.3, 0.4) is 0 Å². The van der Waals surface area contributed by atoms with Crippen molar-refractivity contribution in [3.05, 3.63) is 0 Å². The fourth-order valence-corrected chi connectivity index (χ4v) is 2.94. The van der Waals surface area contributed by atoms with Crippen molar-refractivity contribution < 1.29 is 0 Å². The van der Waals surface area contributed by atoms with E-state index < -0.39 is 0 Å². The molecule has 1 saturated heterocycles. The van der Waals surface area contributed by atoms with Crippen LogP contribution >= 0.6 is 0 Å². The van der Waals surface area contributed by atoms with Crippen LogP contribution in [0, 0.1) is 5.41 Å². The molecule has 0 aromatic carbocycles. The van der Waals surface area contributed by atoms with Gasteiger partial charge >= 0.3 is 0 Å². The first-order valence-corrected chi connectivity index (χ1v) is 7.95. The molecule has 18 heavy (non-hydrogen) atoms. The predicted octanol–water partition coefficient (Wildman–Crippen LogP) is 3.67. The van der Waals surface area contributed by atoms with Gasteiger partial charge in [-0.2, -0.15) is 0 Å². The molecule has 0 unspecified atom stereocenters. The normalized spacial score (nSPS) is 20.5. The summed E-state index contributed by atoms with van der Waals surface area (Å²) in [5.74, 6) is 0. The van der Waals surface area contributed by atoms with Crippen molar-refractivity contribution in [1.29, 1.82) is 0 Å². The molecule has 1 aliphatic rings. The Morgan fingerprint density at radius 2 is 1.83 bits per heavy atom. The van der Waals surface area contributed by atoms with E-state index in [1.807, 2.05) is 0 Å². The average molecular weight is 254 g/mol. The summed E-state index contributed by atoms with van der Waals surface area (Å²) in [6.45, 7) is 14.4. The number of rotatable bonds is 8. The third kappa shape index (κ3) is 7.38. The van der Waals surface area contributed by atoms with Gasteiger partial charge in [-0.15, -0.1) is 0 Å². The van der Waals surface area contributed by atoms with Crippen LogP contribution in [-0.2, 0) is 0 Å². The summed E-state index contributed by atoms with van der Waals surface area (Å²) in [5, 5.41) is 3.49. The number of likely N-dealkylation sites (tertiary alicyclic amines) is 1. The highest BCUT2D eigenvalue weighted by Gasteiger charge is 2.25. The molecule has 0 aromatic heterocycles. The summed E-state index contributed by atoms with van der Waals surface area (Å²) in [5.41, 5.74) is 0.555. The van der Waals surface area contributed by atoms with Crippen molar-refractivity contribution in [1.82, 2.24) is 10.2 Å². The molecule has 0 amide bonds. The van der Waals surface area contributed by atoms with Crippen molar-refractivity contribution in [2.24, 2.45) is 5.41 Å². The Morgan fingerprint density at radius 3 is 2.50 bits per heavy atom. The first-order chi connectivity index (χ1) is 8.49. The molecule has 0 radical (unpaired) electrons. The van der Waals surface area contributed by atoms with E-state index in [0.29, 0.717) is 11.5 Å². The fraction of sp³-hybridized carbons (Fsp3) is 1.00. The van der Waals surface area contributed by atoms with Crippen molar-refractivity contribution in [3.8, 4) is 0 Å². The second kappa shape index (κ2) is 8.16. The number of hydrogen-bond acceptors (Lipinski definition) is 2. The van der Waals surface area contributed by atoms with Gasteiger partial charge in [0.25, 0.3) is 0 Å². The lowest BCUT2D eigenvalue weighted by Gasteiger charge is -2.38. The van der Waals surface area contributed by atoms with Crippen LogP contribution in [0.4, 0.5) is 0 Å². The molecular weight excluding hydrogens is 220 g/mol. The smallest absolute Gasteiger partial charge is 0.00327 e. The van der Waals surface area contributed by atoms with Crippen LogP contribution in [0.1, 0.15) is 66.2 Å². The van der Waals surface area contributed by atoms with E-state index in [1.54, 1.807) is 0 Å². The molecule has 1 heterocycles. The topological polar surface area (TPSA) is 15.3 Å². The Hall–Kier alpha value is -0.0800. The maximum Gasteiger partial charge on any atom is 0.00327 e. The zero-order valence-electron chi connectivity index (χ0n) is 13.1. The summed E-state index contributed by atoms with van der Waals surface area (Å²) in [6, 6.07) is 0.639. The maximum absolute atomic E-state index is 3.49. The highest BCUT2D eigenvalue weighted by Crippen LogP contribution is 2.28. The number of nitrogens with one attached hydrogen (secondary N) is 1. The molecule has 0 bridgehead atoms. The fourth-order valence-electron chi connectivity index (χ4n) is 2.94. The molecular formula is C16H34N2. The number of piperidine rings is 1. The van der Waals surface area contributed by atoms with Crippen molar-refractivity contribution in [2.75, 3.05) is 26.2 Å². The van der Waals surface area contributed by atoms with Gasteiger partial charge in [0.05, 0.1) is 0 Å². The zero-order chi connectivity index (χ0) is 13.4. The van der Waals surface area contributed by atoms with E-state index in [0.717, 1.165) is 0 Å². The molecule has 1 rings (SSSR count). The van der Waals surface area contributed by atoms with Crippen LogP contribution in [0.5, 0.6) is 0 Å². The highest BCUT2D eigenvalue weighted by molar-refractivity contribution is 4.79. The largest absolute Gasteiger partial charge is 0.315 e. The molecule has 108 valence electrons.